The molecule has 0 fully saturated rings. The van der Waals surface area contributed by atoms with E-state index in [2.05, 4.69) is 178 Å². The van der Waals surface area contributed by atoms with Gasteiger partial charge in [-0.3, -0.25) is 4.79 Å². The molecule has 1 aliphatic rings. The predicted octanol–water partition coefficient (Wildman–Crippen LogP) is 13.8. The van der Waals surface area contributed by atoms with Gasteiger partial charge in [-0.25, -0.2) is 0 Å². The van der Waals surface area contributed by atoms with Gasteiger partial charge in [0.15, 0.2) is 0 Å². The van der Waals surface area contributed by atoms with Crippen LogP contribution in [0.1, 0.15) is 92.9 Å². The van der Waals surface area contributed by atoms with Crippen LogP contribution in [0, 0.1) is 0 Å². The van der Waals surface area contributed by atoms with Crippen molar-refractivity contribution in [2.45, 2.75) is 80.9 Å². The lowest BCUT2D eigenvalue weighted by molar-refractivity contribution is 0.112. The first-order valence-corrected chi connectivity index (χ1v) is 19.8. The van der Waals surface area contributed by atoms with Gasteiger partial charge in [0.25, 0.3) is 0 Å². The van der Waals surface area contributed by atoms with E-state index in [1.807, 2.05) is 12.1 Å². The molecule has 0 spiro atoms. The Morgan fingerprint density at radius 3 is 1.53 bits per heavy atom. The number of carbonyl (C=O) groups excluding carboxylic acids is 1. The maximum Gasteiger partial charge on any atom is 0.150 e. The molecule has 0 bridgehead atoms. The molecule has 0 unspecified atom stereocenters. The van der Waals surface area contributed by atoms with Crippen LogP contribution in [0.25, 0.3) is 0 Å². The van der Waals surface area contributed by atoms with Crippen molar-refractivity contribution >= 4 is 46.5 Å². The highest BCUT2D eigenvalue weighted by molar-refractivity contribution is 7.99. The average Bonchev–Trinajstić information content (AvgIpc) is 3.20. The van der Waals surface area contributed by atoms with Gasteiger partial charge < -0.3 is 9.80 Å². The van der Waals surface area contributed by atoms with Gasteiger partial charge in [0.1, 0.15) is 6.29 Å². The second-order valence-corrected chi connectivity index (χ2v) is 16.3. The summed E-state index contributed by atoms with van der Waals surface area (Å²) in [5.41, 5.74) is 11.3. The second-order valence-electron chi connectivity index (χ2n) is 15.2. The predicted molar refractivity (Wildman–Crippen MR) is 225 cm³/mol. The van der Waals surface area contributed by atoms with Gasteiger partial charge in [0.2, 0.25) is 0 Å². The highest BCUT2D eigenvalue weighted by Gasteiger charge is 2.28. The summed E-state index contributed by atoms with van der Waals surface area (Å²) in [4.78, 5) is 19.0. The largest absolute Gasteiger partial charge is 0.340 e. The summed E-state index contributed by atoms with van der Waals surface area (Å²) in [6.45, 7) is 12.4. The third kappa shape index (κ3) is 7.43. The minimum atomic E-state index is -0.133. The van der Waals surface area contributed by atoms with E-state index in [1.54, 1.807) is 11.8 Å². The number of aldehydes is 1. The third-order valence-corrected chi connectivity index (χ3v) is 12.1. The molecule has 0 atom stereocenters. The van der Waals surface area contributed by atoms with E-state index in [9.17, 15) is 4.79 Å². The monoisotopic (exact) mass is 714 g/mol. The van der Waals surface area contributed by atoms with Crippen LogP contribution in [-0.4, -0.2) is 12.8 Å². The molecule has 268 valence electrons. The fourth-order valence-corrected chi connectivity index (χ4v) is 8.76. The molecule has 6 aromatic rings. The number of anilines is 5. The van der Waals surface area contributed by atoms with Gasteiger partial charge in [-0.1, -0.05) is 151 Å². The zero-order chi connectivity index (χ0) is 37.0. The van der Waals surface area contributed by atoms with Crippen molar-refractivity contribution in [3.05, 3.63) is 173 Å². The van der Waals surface area contributed by atoms with Crippen LogP contribution in [-0.2, 0) is 10.8 Å². The van der Waals surface area contributed by atoms with Gasteiger partial charge in [0.05, 0.1) is 11.4 Å². The number of rotatable bonds is 13. The van der Waals surface area contributed by atoms with E-state index in [-0.39, 0.29) is 10.8 Å². The SMILES string of the molecule is CCCCCCN1c2ccc(C=O)cc2Sc2cc(N(c3ccc(C(C)(C)c4ccccc4)cc3)c3ccc(C(C)(C)c4ccccc4)cc3)ccc21. The Kier molecular flexibility index (Phi) is 10.6. The number of nitrogens with zero attached hydrogens (tertiary/aromatic N) is 2. The third-order valence-electron chi connectivity index (χ3n) is 11.0. The Morgan fingerprint density at radius 1 is 0.547 bits per heavy atom. The fourth-order valence-electron chi connectivity index (χ4n) is 7.59. The zero-order valence-electron chi connectivity index (χ0n) is 31.7. The van der Waals surface area contributed by atoms with E-state index in [0.717, 1.165) is 41.2 Å². The Balaban J connectivity index is 1.30. The molecule has 53 heavy (non-hydrogen) atoms. The van der Waals surface area contributed by atoms with Crippen molar-refractivity contribution in [2.24, 2.45) is 0 Å². The molecule has 0 aliphatic carbocycles. The molecular formula is C49H50N2OS. The van der Waals surface area contributed by atoms with E-state index < -0.39 is 0 Å². The summed E-state index contributed by atoms with van der Waals surface area (Å²) in [5, 5.41) is 0. The maximum atomic E-state index is 11.8. The van der Waals surface area contributed by atoms with Crippen LogP contribution in [0.3, 0.4) is 0 Å². The highest BCUT2D eigenvalue weighted by Crippen LogP contribution is 2.51. The topological polar surface area (TPSA) is 23.6 Å². The summed E-state index contributed by atoms with van der Waals surface area (Å²) in [5.74, 6) is 0. The fraction of sp³-hybridized carbons (Fsp3) is 0.245. The number of hydrogen-bond donors (Lipinski definition) is 0. The summed E-state index contributed by atoms with van der Waals surface area (Å²) in [6, 6.07) is 52.7. The average molecular weight is 715 g/mol. The second kappa shape index (κ2) is 15.5. The highest BCUT2D eigenvalue weighted by atomic mass is 32.2. The van der Waals surface area contributed by atoms with Crippen LogP contribution in [0.2, 0.25) is 0 Å². The van der Waals surface area contributed by atoms with Crippen LogP contribution in [0.15, 0.2) is 155 Å². The van der Waals surface area contributed by atoms with Gasteiger partial charge in [-0.2, -0.15) is 0 Å². The minimum absolute atomic E-state index is 0.133. The summed E-state index contributed by atoms with van der Waals surface area (Å²) in [6.07, 6.45) is 5.73. The van der Waals surface area contributed by atoms with E-state index in [4.69, 9.17) is 0 Å². The number of carbonyl (C=O) groups is 1. The molecule has 1 heterocycles. The number of fused-ring (bicyclic) bond motifs is 2. The quantitative estimate of drug-likeness (QED) is 0.0878. The Hall–Kier alpha value is -5.06. The van der Waals surface area contributed by atoms with E-state index in [0.29, 0.717) is 5.56 Å². The van der Waals surface area contributed by atoms with Crippen LogP contribution < -0.4 is 9.80 Å². The summed E-state index contributed by atoms with van der Waals surface area (Å²) < 4.78 is 0. The zero-order valence-corrected chi connectivity index (χ0v) is 32.5. The lowest BCUT2D eigenvalue weighted by atomic mass is 9.78. The molecule has 1 aliphatic heterocycles. The van der Waals surface area contributed by atoms with Gasteiger partial charge >= 0.3 is 0 Å². The van der Waals surface area contributed by atoms with Crippen LogP contribution >= 0.6 is 11.8 Å². The van der Waals surface area contributed by atoms with Crippen molar-refractivity contribution in [1.29, 1.82) is 0 Å². The first-order valence-electron chi connectivity index (χ1n) is 19.0. The first kappa shape index (κ1) is 36.3. The maximum absolute atomic E-state index is 11.8. The molecule has 6 aromatic carbocycles. The molecule has 0 radical (unpaired) electrons. The van der Waals surface area contributed by atoms with Crippen molar-refractivity contribution in [1.82, 2.24) is 0 Å². The molecule has 0 aromatic heterocycles. The molecule has 3 nitrogen and oxygen atoms in total. The molecule has 0 N–H and O–H groups in total. The molecule has 0 amide bonds. The molecule has 0 saturated carbocycles. The lowest BCUT2D eigenvalue weighted by Crippen LogP contribution is -2.22. The van der Waals surface area contributed by atoms with Crippen molar-refractivity contribution in [3.8, 4) is 0 Å². The van der Waals surface area contributed by atoms with Crippen LogP contribution in [0.4, 0.5) is 28.4 Å². The summed E-state index contributed by atoms with van der Waals surface area (Å²) >= 11 is 1.76. The van der Waals surface area contributed by atoms with Gasteiger partial charge in [-0.05, 0) is 89.3 Å². The minimum Gasteiger partial charge on any atom is -0.340 e. The van der Waals surface area contributed by atoms with Crippen molar-refractivity contribution < 1.29 is 4.79 Å². The summed E-state index contributed by atoms with van der Waals surface area (Å²) in [7, 11) is 0. The normalized spacial score (nSPS) is 12.6. The van der Waals surface area contributed by atoms with Gasteiger partial charge in [-0.15, -0.1) is 0 Å². The van der Waals surface area contributed by atoms with Crippen LogP contribution in [0.5, 0.6) is 0 Å². The molecule has 0 saturated heterocycles. The van der Waals surface area contributed by atoms with Crippen molar-refractivity contribution in [3.63, 3.8) is 0 Å². The first-order chi connectivity index (χ1) is 25.7. The molecule has 7 rings (SSSR count). The Labute approximate surface area is 320 Å². The van der Waals surface area contributed by atoms with E-state index >= 15 is 0 Å². The Bertz CT molecular complexity index is 2060. The Morgan fingerprint density at radius 2 is 1.02 bits per heavy atom. The number of unbranched alkanes of at least 4 members (excludes halogenated alkanes) is 3. The van der Waals surface area contributed by atoms with Gasteiger partial charge in [0, 0.05) is 49.8 Å². The van der Waals surface area contributed by atoms with Crippen molar-refractivity contribution in [2.75, 3.05) is 16.3 Å². The van der Waals surface area contributed by atoms with E-state index in [1.165, 1.54) is 57.8 Å². The molecular weight excluding hydrogens is 665 g/mol. The number of hydrogen-bond acceptors (Lipinski definition) is 4. The smallest absolute Gasteiger partial charge is 0.150 e. The molecule has 4 heteroatoms. The number of benzene rings is 6. The standard InChI is InChI=1S/C49H50N2OS/c1-6-7-8-15-32-50-44-30-20-36(35-52)33-46(44)53-47-34-43(29-31-45(47)50)51(41-25-21-39(22-26-41)48(2,3)37-16-11-9-12-17-37)42-27-23-40(24-28-42)49(4,5)38-18-13-10-14-19-38/h9-14,16-31,33-35H,6-8,15,32H2,1-5H3. The lowest BCUT2D eigenvalue weighted by Gasteiger charge is -2.35.